The highest BCUT2D eigenvalue weighted by Crippen LogP contribution is 2.34. The Morgan fingerprint density at radius 2 is 1.88 bits per heavy atom. The number of rotatable bonds is 4. The normalized spacial score (nSPS) is 21.8. The molecule has 0 radical (unpaired) electrons. The zero-order chi connectivity index (χ0) is 18.0. The summed E-state index contributed by atoms with van der Waals surface area (Å²) in [4.78, 5) is 14.0. The Morgan fingerprint density at radius 1 is 1.25 bits per heavy atom. The Kier molecular flexibility index (Phi) is 5.55. The SMILES string of the molecule is CC(C)(C)OC(=O)N1CCC(c2ccccc2)C1COS(C)(=O)=O. The summed E-state index contributed by atoms with van der Waals surface area (Å²) >= 11 is 0. The summed E-state index contributed by atoms with van der Waals surface area (Å²) in [7, 11) is -3.58. The molecule has 0 bridgehead atoms. The molecule has 0 spiro atoms. The van der Waals surface area contributed by atoms with Crippen LogP contribution in [-0.2, 0) is 19.0 Å². The molecular weight excluding hydrogens is 330 g/mol. The summed E-state index contributed by atoms with van der Waals surface area (Å²) in [5.41, 5.74) is 0.454. The van der Waals surface area contributed by atoms with Crippen molar-refractivity contribution in [2.24, 2.45) is 0 Å². The predicted octanol–water partition coefficient (Wildman–Crippen LogP) is 2.76. The Labute approximate surface area is 143 Å². The van der Waals surface area contributed by atoms with Crippen LogP contribution in [0.15, 0.2) is 30.3 Å². The number of likely N-dealkylation sites (tertiary alicyclic amines) is 1. The van der Waals surface area contributed by atoms with Crippen molar-refractivity contribution >= 4 is 16.2 Å². The Hall–Kier alpha value is -1.60. The van der Waals surface area contributed by atoms with Gasteiger partial charge in [0.1, 0.15) is 5.60 Å². The Bertz CT molecular complexity index is 666. The molecule has 1 amide bonds. The zero-order valence-corrected chi connectivity index (χ0v) is 15.4. The second-order valence-electron chi connectivity index (χ2n) is 7.04. The van der Waals surface area contributed by atoms with Gasteiger partial charge >= 0.3 is 6.09 Å². The molecule has 1 saturated heterocycles. The van der Waals surface area contributed by atoms with Crippen LogP contribution in [0, 0.1) is 0 Å². The first-order valence-corrected chi connectivity index (χ1v) is 9.77. The van der Waals surface area contributed by atoms with Gasteiger partial charge in [0.15, 0.2) is 0 Å². The van der Waals surface area contributed by atoms with Gasteiger partial charge in [-0.3, -0.25) is 4.18 Å². The minimum absolute atomic E-state index is 0.0143. The molecule has 2 atom stereocenters. The molecule has 1 heterocycles. The molecule has 1 aliphatic heterocycles. The van der Waals surface area contributed by atoms with Crippen molar-refractivity contribution in [3.63, 3.8) is 0 Å². The van der Waals surface area contributed by atoms with E-state index in [0.29, 0.717) is 6.54 Å². The van der Waals surface area contributed by atoms with Crippen molar-refractivity contribution in [1.29, 1.82) is 0 Å². The summed E-state index contributed by atoms with van der Waals surface area (Å²) in [6.45, 7) is 5.84. The molecule has 24 heavy (non-hydrogen) atoms. The Morgan fingerprint density at radius 3 is 2.42 bits per heavy atom. The molecule has 7 heteroatoms. The van der Waals surface area contributed by atoms with E-state index < -0.39 is 21.8 Å². The van der Waals surface area contributed by atoms with Gasteiger partial charge in [-0.2, -0.15) is 8.42 Å². The van der Waals surface area contributed by atoms with E-state index in [4.69, 9.17) is 8.92 Å². The van der Waals surface area contributed by atoms with E-state index in [1.807, 2.05) is 30.3 Å². The fourth-order valence-electron chi connectivity index (χ4n) is 2.89. The van der Waals surface area contributed by atoms with E-state index in [2.05, 4.69) is 0 Å². The molecule has 134 valence electrons. The number of ether oxygens (including phenoxy) is 1. The fourth-order valence-corrected chi connectivity index (χ4v) is 3.28. The van der Waals surface area contributed by atoms with E-state index in [9.17, 15) is 13.2 Å². The maximum Gasteiger partial charge on any atom is 0.410 e. The molecule has 0 N–H and O–H groups in total. The number of hydrogen-bond acceptors (Lipinski definition) is 5. The monoisotopic (exact) mass is 355 g/mol. The van der Waals surface area contributed by atoms with Gasteiger partial charge in [-0.25, -0.2) is 4.79 Å². The van der Waals surface area contributed by atoms with Crippen LogP contribution in [-0.4, -0.2) is 50.5 Å². The second kappa shape index (κ2) is 7.11. The Balaban J connectivity index is 2.22. The number of benzene rings is 1. The number of nitrogens with zero attached hydrogens (tertiary/aromatic N) is 1. The standard InChI is InChI=1S/C17H25NO5S/c1-17(2,3)23-16(19)18-11-10-14(13-8-6-5-7-9-13)15(18)12-22-24(4,20)21/h5-9,14-15H,10-12H2,1-4H3. The van der Waals surface area contributed by atoms with Crippen LogP contribution in [0.4, 0.5) is 4.79 Å². The zero-order valence-electron chi connectivity index (χ0n) is 14.6. The molecule has 1 aromatic rings. The highest BCUT2D eigenvalue weighted by molar-refractivity contribution is 7.85. The van der Waals surface area contributed by atoms with Crippen molar-refractivity contribution in [1.82, 2.24) is 4.90 Å². The first kappa shape index (κ1) is 18.7. The first-order valence-electron chi connectivity index (χ1n) is 7.96. The molecule has 2 unspecified atom stereocenters. The third-order valence-corrected chi connectivity index (χ3v) is 4.42. The first-order chi connectivity index (χ1) is 11.1. The molecule has 1 aliphatic rings. The third-order valence-electron chi connectivity index (χ3n) is 3.85. The van der Waals surface area contributed by atoms with Crippen LogP contribution in [0.1, 0.15) is 38.7 Å². The van der Waals surface area contributed by atoms with E-state index in [-0.39, 0.29) is 18.6 Å². The molecule has 2 rings (SSSR count). The minimum atomic E-state index is -3.58. The van der Waals surface area contributed by atoms with Crippen molar-refractivity contribution in [2.45, 2.75) is 44.8 Å². The number of carbonyl (C=O) groups is 1. The molecule has 1 fully saturated rings. The lowest BCUT2D eigenvalue weighted by Crippen LogP contribution is -2.43. The fraction of sp³-hybridized carbons (Fsp3) is 0.588. The van der Waals surface area contributed by atoms with Gasteiger partial charge in [0.05, 0.1) is 18.9 Å². The second-order valence-corrected chi connectivity index (χ2v) is 8.68. The van der Waals surface area contributed by atoms with Crippen LogP contribution in [0.25, 0.3) is 0 Å². The topological polar surface area (TPSA) is 72.9 Å². The highest BCUT2D eigenvalue weighted by atomic mass is 32.2. The smallest absolute Gasteiger partial charge is 0.410 e. The van der Waals surface area contributed by atoms with Crippen LogP contribution < -0.4 is 0 Å². The summed E-state index contributed by atoms with van der Waals surface area (Å²) in [6, 6.07) is 9.37. The summed E-state index contributed by atoms with van der Waals surface area (Å²) in [6.07, 6.45) is 1.31. The summed E-state index contributed by atoms with van der Waals surface area (Å²) in [5, 5.41) is 0. The van der Waals surface area contributed by atoms with Crippen molar-refractivity contribution in [2.75, 3.05) is 19.4 Å². The van der Waals surface area contributed by atoms with Gasteiger partial charge < -0.3 is 9.64 Å². The third kappa shape index (κ3) is 5.21. The van der Waals surface area contributed by atoms with Gasteiger partial charge in [-0.1, -0.05) is 30.3 Å². The van der Waals surface area contributed by atoms with Crippen LogP contribution in [0.3, 0.4) is 0 Å². The lowest BCUT2D eigenvalue weighted by atomic mass is 9.92. The van der Waals surface area contributed by atoms with Crippen molar-refractivity contribution < 1.29 is 22.1 Å². The molecule has 6 nitrogen and oxygen atoms in total. The number of amides is 1. The van der Waals surface area contributed by atoms with E-state index in [0.717, 1.165) is 18.2 Å². The maximum absolute atomic E-state index is 12.5. The molecule has 1 aromatic carbocycles. The molecular formula is C17H25NO5S. The van der Waals surface area contributed by atoms with Gasteiger partial charge in [-0.05, 0) is 32.8 Å². The lowest BCUT2D eigenvalue weighted by Gasteiger charge is -2.30. The van der Waals surface area contributed by atoms with E-state index >= 15 is 0 Å². The quantitative estimate of drug-likeness (QED) is 0.777. The van der Waals surface area contributed by atoms with Gasteiger partial charge in [-0.15, -0.1) is 0 Å². The van der Waals surface area contributed by atoms with Gasteiger partial charge in [0, 0.05) is 12.5 Å². The minimum Gasteiger partial charge on any atom is -0.444 e. The largest absolute Gasteiger partial charge is 0.444 e. The molecule has 0 aliphatic carbocycles. The molecule has 0 saturated carbocycles. The maximum atomic E-state index is 12.5. The van der Waals surface area contributed by atoms with Crippen molar-refractivity contribution in [3.05, 3.63) is 35.9 Å². The van der Waals surface area contributed by atoms with Gasteiger partial charge in [0.25, 0.3) is 10.1 Å². The van der Waals surface area contributed by atoms with Crippen LogP contribution in [0.2, 0.25) is 0 Å². The average Bonchev–Trinajstić information content (AvgIpc) is 2.87. The van der Waals surface area contributed by atoms with Crippen LogP contribution >= 0.6 is 0 Å². The summed E-state index contributed by atoms with van der Waals surface area (Å²) < 4.78 is 33.2. The van der Waals surface area contributed by atoms with E-state index in [1.54, 1.807) is 25.7 Å². The van der Waals surface area contributed by atoms with E-state index in [1.165, 1.54) is 0 Å². The number of carbonyl (C=O) groups excluding carboxylic acids is 1. The predicted molar refractivity (Wildman–Crippen MR) is 91.3 cm³/mol. The van der Waals surface area contributed by atoms with Gasteiger partial charge in [0.2, 0.25) is 0 Å². The highest BCUT2D eigenvalue weighted by Gasteiger charge is 2.40. The van der Waals surface area contributed by atoms with Crippen LogP contribution in [0.5, 0.6) is 0 Å². The average molecular weight is 355 g/mol. The summed E-state index contributed by atoms with van der Waals surface area (Å²) in [5.74, 6) is 0.0143. The number of hydrogen-bond donors (Lipinski definition) is 0. The van der Waals surface area contributed by atoms with Crippen molar-refractivity contribution in [3.8, 4) is 0 Å². The lowest BCUT2D eigenvalue weighted by molar-refractivity contribution is 0.0180. The molecule has 0 aromatic heterocycles.